The predicted octanol–water partition coefficient (Wildman–Crippen LogP) is 3.60. The molecule has 0 radical (unpaired) electrons. The molecule has 0 unspecified atom stereocenters. The van der Waals surface area contributed by atoms with Crippen LogP contribution in [0, 0.1) is 24.2 Å². The topological polar surface area (TPSA) is 53.2 Å². The van der Waals surface area contributed by atoms with Crippen molar-refractivity contribution in [1.82, 2.24) is 9.88 Å². The molecule has 2 atom stereocenters. The van der Waals surface area contributed by atoms with E-state index in [-0.39, 0.29) is 17.1 Å². The number of Topliss-reactive ketones (excluding diaryl/α,β-unsaturated/α-hetero) is 1. The van der Waals surface area contributed by atoms with Crippen LogP contribution < -0.4 is 0 Å². The van der Waals surface area contributed by atoms with Crippen molar-refractivity contribution in [2.75, 3.05) is 13.1 Å². The Morgan fingerprint density at radius 2 is 1.78 bits per heavy atom. The number of hydrogen-bond acceptors (Lipinski definition) is 2. The molecule has 1 aliphatic heterocycles. The number of carbonyl (C=O) groups is 2. The van der Waals surface area contributed by atoms with Gasteiger partial charge in [-0.2, -0.15) is 0 Å². The van der Waals surface area contributed by atoms with E-state index in [1.54, 1.807) is 0 Å². The van der Waals surface area contributed by atoms with Crippen molar-refractivity contribution in [2.24, 2.45) is 17.3 Å². The van der Waals surface area contributed by atoms with Gasteiger partial charge in [-0.25, -0.2) is 0 Å². The minimum absolute atomic E-state index is 0.0319. The summed E-state index contributed by atoms with van der Waals surface area (Å²) in [5.74, 6) is 1.30. The third kappa shape index (κ3) is 2.96. The standard InChI is InChI=1S/C19H28N2O2/c1-11-6-12(2)10-21(9-11)18(23)17-13(3)16-14(20-17)7-19(4,5)8-15(16)22/h11-12,20H,6-10H2,1-5H3/t11-,12-/m1/s1. The van der Waals surface area contributed by atoms with Gasteiger partial charge in [-0.1, -0.05) is 27.7 Å². The van der Waals surface area contributed by atoms with Crippen LogP contribution in [0.5, 0.6) is 0 Å². The van der Waals surface area contributed by atoms with Crippen molar-refractivity contribution < 1.29 is 9.59 Å². The SMILES string of the molecule is Cc1c(C(=O)N2C[C@H](C)C[C@@H](C)C2)[nH]c2c1C(=O)CC(C)(C)C2. The number of piperidine rings is 1. The highest BCUT2D eigenvalue weighted by Crippen LogP contribution is 2.37. The van der Waals surface area contributed by atoms with E-state index < -0.39 is 0 Å². The van der Waals surface area contributed by atoms with E-state index in [1.807, 2.05) is 11.8 Å². The third-order valence-corrected chi connectivity index (χ3v) is 5.27. The van der Waals surface area contributed by atoms with Crippen molar-refractivity contribution in [1.29, 1.82) is 0 Å². The van der Waals surface area contributed by atoms with E-state index in [4.69, 9.17) is 0 Å². The number of nitrogens with zero attached hydrogens (tertiary/aromatic N) is 1. The fourth-order valence-electron chi connectivity index (χ4n) is 4.43. The first-order valence-electron chi connectivity index (χ1n) is 8.72. The minimum Gasteiger partial charge on any atom is -0.354 e. The molecule has 4 nitrogen and oxygen atoms in total. The van der Waals surface area contributed by atoms with E-state index in [0.29, 0.717) is 24.0 Å². The van der Waals surface area contributed by atoms with Crippen LogP contribution in [0.2, 0.25) is 0 Å². The van der Waals surface area contributed by atoms with Gasteiger partial charge in [-0.05, 0) is 42.6 Å². The second-order valence-corrected chi connectivity index (χ2v) is 8.58. The monoisotopic (exact) mass is 316 g/mol. The molecule has 2 heterocycles. The number of ketones is 1. The molecule has 1 N–H and O–H groups in total. The molecule has 1 fully saturated rings. The van der Waals surface area contributed by atoms with Crippen LogP contribution in [0.3, 0.4) is 0 Å². The Morgan fingerprint density at radius 1 is 1.17 bits per heavy atom. The molecule has 0 saturated carbocycles. The average Bonchev–Trinajstić information content (AvgIpc) is 2.72. The number of carbonyl (C=O) groups excluding carboxylic acids is 2. The molecule has 1 amide bonds. The van der Waals surface area contributed by atoms with Crippen molar-refractivity contribution in [3.63, 3.8) is 0 Å². The second-order valence-electron chi connectivity index (χ2n) is 8.58. The van der Waals surface area contributed by atoms with Crippen LogP contribution in [0.25, 0.3) is 0 Å². The summed E-state index contributed by atoms with van der Waals surface area (Å²) < 4.78 is 0. The molecule has 1 aromatic rings. The van der Waals surface area contributed by atoms with Gasteiger partial charge >= 0.3 is 0 Å². The third-order valence-electron chi connectivity index (χ3n) is 5.27. The van der Waals surface area contributed by atoms with Crippen molar-refractivity contribution >= 4 is 11.7 Å². The maximum atomic E-state index is 13.0. The molecule has 126 valence electrons. The van der Waals surface area contributed by atoms with E-state index in [9.17, 15) is 9.59 Å². The molecule has 1 saturated heterocycles. The summed E-state index contributed by atoms with van der Waals surface area (Å²) in [6.45, 7) is 12.2. The number of amides is 1. The highest BCUT2D eigenvalue weighted by Gasteiger charge is 2.36. The summed E-state index contributed by atoms with van der Waals surface area (Å²) in [5, 5.41) is 0. The Bertz CT molecular complexity index is 647. The highest BCUT2D eigenvalue weighted by atomic mass is 16.2. The Kier molecular flexibility index (Phi) is 3.89. The quantitative estimate of drug-likeness (QED) is 0.860. The summed E-state index contributed by atoms with van der Waals surface area (Å²) in [7, 11) is 0. The molecule has 0 bridgehead atoms. The molecular weight excluding hydrogens is 288 g/mol. The maximum absolute atomic E-state index is 13.0. The number of rotatable bonds is 1. The normalized spacial score (nSPS) is 27.0. The summed E-state index contributed by atoms with van der Waals surface area (Å²) in [6, 6.07) is 0. The van der Waals surface area contributed by atoms with Gasteiger partial charge in [-0.15, -0.1) is 0 Å². The molecule has 1 aliphatic carbocycles. The molecule has 3 rings (SSSR count). The summed E-state index contributed by atoms with van der Waals surface area (Å²) >= 11 is 0. The van der Waals surface area contributed by atoms with Gasteiger partial charge in [0.05, 0.1) is 0 Å². The lowest BCUT2D eigenvalue weighted by atomic mass is 9.75. The smallest absolute Gasteiger partial charge is 0.270 e. The number of nitrogens with one attached hydrogen (secondary N) is 1. The van der Waals surface area contributed by atoms with Gasteiger partial charge in [0.25, 0.3) is 5.91 Å². The summed E-state index contributed by atoms with van der Waals surface area (Å²) in [5.41, 5.74) is 3.16. The van der Waals surface area contributed by atoms with Crippen LogP contribution in [-0.4, -0.2) is 34.7 Å². The first kappa shape index (κ1) is 16.3. The Balaban J connectivity index is 1.93. The molecule has 2 aliphatic rings. The van der Waals surface area contributed by atoms with E-state index >= 15 is 0 Å². The van der Waals surface area contributed by atoms with Crippen LogP contribution in [-0.2, 0) is 6.42 Å². The lowest BCUT2D eigenvalue weighted by molar-refractivity contribution is 0.0617. The fraction of sp³-hybridized carbons (Fsp3) is 0.684. The Morgan fingerprint density at radius 3 is 2.39 bits per heavy atom. The molecule has 23 heavy (non-hydrogen) atoms. The zero-order valence-electron chi connectivity index (χ0n) is 15.0. The van der Waals surface area contributed by atoms with Gasteiger partial charge in [0.1, 0.15) is 5.69 Å². The molecular formula is C19H28N2O2. The van der Waals surface area contributed by atoms with Crippen LogP contribution in [0.1, 0.15) is 72.6 Å². The van der Waals surface area contributed by atoms with E-state index in [1.165, 1.54) is 6.42 Å². The van der Waals surface area contributed by atoms with Crippen molar-refractivity contribution in [3.05, 3.63) is 22.5 Å². The lowest BCUT2D eigenvalue weighted by Crippen LogP contribution is -2.42. The van der Waals surface area contributed by atoms with Gasteiger partial charge < -0.3 is 9.88 Å². The first-order chi connectivity index (χ1) is 10.7. The minimum atomic E-state index is -0.0319. The maximum Gasteiger partial charge on any atom is 0.270 e. The number of aromatic nitrogens is 1. The van der Waals surface area contributed by atoms with E-state index in [2.05, 4.69) is 32.7 Å². The number of hydrogen-bond donors (Lipinski definition) is 1. The summed E-state index contributed by atoms with van der Waals surface area (Å²) in [4.78, 5) is 30.7. The van der Waals surface area contributed by atoms with Crippen LogP contribution in [0.4, 0.5) is 0 Å². The fourth-order valence-corrected chi connectivity index (χ4v) is 4.43. The number of likely N-dealkylation sites (tertiary alicyclic amines) is 1. The van der Waals surface area contributed by atoms with Gasteiger partial charge in [0.2, 0.25) is 0 Å². The molecule has 0 aromatic carbocycles. The van der Waals surface area contributed by atoms with Gasteiger partial charge in [-0.3, -0.25) is 9.59 Å². The summed E-state index contributed by atoms with van der Waals surface area (Å²) in [6.07, 6.45) is 2.57. The van der Waals surface area contributed by atoms with Gasteiger partial charge in [0.15, 0.2) is 5.78 Å². The highest BCUT2D eigenvalue weighted by molar-refractivity contribution is 6.04. The van der Waals surface area contributed by atoms with E-state index in [0.717, 1.165) is 36.3 Å². The van der Waals surface area contributed by atoms with Crippen LogP contribution >= 0.6 is 0 Å². The zero-order valence-corrected chi connectivity index (χ0v) is 15.0. The van der Waals surface area contributed by atoms with Crippen molar-refractivity contribution in [2.45, 2.75) is 53.9 Å². The molecule has 0 spiro atoms. The average molecular weight is 316 g/mol. The largest absolute Gasteiger partial charge is 0.354 e. The van der Waals surface area contributed by atoms with Crippen molar-refractivity contribution in [3.8, 4) is 0 Å². The zero-order chi connectivity index (χ0) is 16.9. The predicted molar refractivity (Wildman–Crippen MR) is 90.8 cm³/mol. The molecule has 1 aromatic heterocycles. The first-order valence-corrected chi connectivity index (χ1v) is 8.72. The van der Waals surface area contributed by atoms with Gasteiger partial charge in [0, 0.05) is 30.8 Å². The second kappa shape index (κ2) is 5.50. The van der Waals surface area contributed by atoms with Crippen LogP contribution in [0.15, 0.2) is 0 Å². The number of fused-ring (bicyclic) bond motifs is 1. The number of H-pyrrole nitrogens is 1. The molecule has 4 heteroatoms. The Labute approximate surface area is 138 Å². The number of aromatic amines is 1. The Hall–Kier alpha value is -1.58. The lowest BCUT2D eigenvalue weighted by Gasteiger charge is -2.34.